The van der Waals surface area contributed by atoms with Gasteiger partial charge in [0.1, 0.15) is 0 Å². The fourth-order valence-corrected chi connectivity index (χ4v) is 2.32. The van der Waals surface area contributed by atoms with E-state index in [2.05, 4.69) is 12.2 Å². The van der Waals surface area contributed by atoms with Crippen molar-refractivity contribution in [1.29, 1.82) is 0 Å². The van der Waals surface area contributed by atoms with E-state index in [0.717, 1.165) is 23.2 Å². The summed E-state index contributed by atoms with van der Waals surface area (Å²) in [6.07, 6.45) is 1.17. The molecule has 0 heterocycles. The van der Waals surface area contributed by atoms with Crippen molar-refractivity contribution >= 4 is 11.6 Å². The number of benzene rings is 2. The Morgan fingerprint density at radius 2 is 1.77 bits per heavy atom. The standard InChI is InChI=1S/C18H21NO3/c1-4-14-7-5-6-8-15(14)19-18(20)12-13-9-10-16(21-2)17(11-13)22-3/h5-11H,4,12H2,1-3H3,(H,19,20). The second kappa shape index (κ2) is 7.50. The Balaban J connectivity index is 2.09. The molecule has 0 saturated heterocycles. The van der Waals surface area contributed by atoms with Crippen LogP contribution in [-0.4, -0.2) is 20.1 Å². The number of para-hydroxylation sites is 1. The lowest BCUT2D eigenvalue weighted by Gasteiger charge is -2.11. The Morgan fingerprint density at radius 1 is 1.05 bits per heavy atom. The van der Waals surface area contributed by atoms with Crippen molar-refractivity contribution in [2.24, 2.45) is 0 Å². The van der Waals surface area contributed by atoms with Crippen molar-refractivity contribution < 1.29 is 14.3 Å². The van der Waals surface area contributed by atoms with Crippen molar-refractivity contribution in [3.8, 4) is 11.5 Å². The van der Waals surface area contributed by atoms with E-state index in [4.69, 9.17) is 9.47 Å². The average Bonchev–Trinajstić information content (AvgIpc) is 2.55. The normalized spacial score (nSPS) is 10.1. The molecule has 22 heavy (non-hydrogen) atoms. The Labute approximate surface area is 131 Å². The van der Waals surface area contributed by atoms with Gasteiger partial charge in [0.25, 0.3) is 0 Å². The molecule has 4 heteroatoms. The SMILES string of the molecule is CCc1ccccc1NC(=O)Cc1ccc(OC)c(OC)c1. The topological polar surface area (TPSA) is 47.6 Å². The molecule has 1 amide bonds. The molecule has 0 aromatic heterocycles. The van der Waals surface area contributed by atoms with Gasteiger partial charge in [0.15, 0.2) is 11.5 Å². The van der Waals surface area contributed by atoms with Gasteiger partial charge in [-0.2, -0.15) is 0 Å². The molecule has 0 bridgehead atoms. The third-order valence-electron chi connectivity index (χ3n) is 3.48. The van der Waals surface area contributed by atoms with Gasteiger partial charge < -0.3 is 14.8 Å². The fourth-order valence-electron chi connectivity index (χ4n) is 2.32. The van der Waals surface area contributed by atoms with Crippen LogP contribution < -0.4 is 14.8 Å². The number of ether oxygens (including phenoxy) is 2. The van der Waals surface area contributed by atoms with E-state index in [9.17, 15) is 4.79 Å². The van der Waals surface area contributed by atoms with Gasteiger partial charge in [0, 0.05) is 5.69 Å². The highest BCUT2D eigenvalue weighted by Crippen LogP contribution is 2.27. The number of methoxy groups -OCH3 is 2. The lowest BCUT2D eigenvalue weighted by Crippen LogP contribution is -2.15. The number of rotatable bonds is 6. The van der Waals surface area contributed by atoms with Crippen molar-refractivity contribution in [3.63, 3.8) is 0 Å². The molecule has 0 atom stereocenters. The summed E-state index contributed by atoms with van der Waals surface area (Å²) in [6.45, 7) is 2.07. The molecule has 0 saturated carbocycles. The molecule has 1 N–H and O–H groups in total. The zero-order valence-corrected chi connectivity index (χ0v) is 13.2. The highest BCUT2D eigenvalue weighted by molar-refractivity contribution is 5.93. The van der Waals surface area contributed by atoms with Crippen molar-refractivity contribution in [2.75, 3.05) is 19.5 Å². The van der Waals surface area contributed by atoms with E-state index in [1.54, 1.807) is 20.3 Å². The van der Waals surface area contributed by atoms with Crippen LogP contribution in [0.25, 0.3) is 0 Å². The van der Waals surface area contributed by atoms with E-state index in [0.29, 0.717) is 17.9 Å². The van der Waals surface area contributed by atoms with Crippen LogP contribution in [0.2, 0.25) is 0 Å². The van der Waals surface area contributed by atoms with Gasteiger partial charge in [-0.05, 0) is 35.7 Å². The molecule has 2 aromatic rings. The second-order valence-corrected chi connectivity index (χ2v) is 4.92. The summed E-state index contributed by atoms with van der Waals surface area (Å²) in [5.74, 6) is 1.23. The van der Waals surface area contributed by atoms with Gasteiger partial charge in [0.2, 0.25) is 5.91 Å². The number of carbonyl (C=O) groups is 1. The number of anilines is 1. The summed E-state index contributed by atoms with van der Waals surface area (Å²) >= 11 is 0. The first-order chi connectivity index (χ1) is 10.7. The highest BCUT2D eigenvalue weighted by Gasteiger charge is 2.09. The number of carbonyl (C=O) groups excluding carboxylic acids is 1. The third-order valence-corrected chi connectivity index (χ3v) is 3.48. The minimum absolute atomic E-state index is 0.0480. The second-order valence-electron chi connectivity index (χ2n) is 4.92. The predicted molar refractivity (Wildman–Crippen MR) is 87.7 cm³/mol. The maximum Gasteiger partial charge on any atom is 0.228 e. The highest BCUT2D eigenvalue weighted by atomic mass is 16.5. The molecule has 4 nitrogen and oxygen atoms in total. The predicted octanol–water partition coefficient (Wildman–Crippen LogP) is 3.45. The van der Waals surface area contributed by atoms with Gasteiger partial charge >= 0.3 is 0 Å². The Morgan fingerprint density at radius 3 is 2.45 bits per heavy atom. The average molecular weight is 299 g/mol. The van der Waals surface area contributed by atoms with Gasteiger partial charge in [-0.15, -0.1) is 0 Å². The molecule has 0 spiro atoms. The van der Waals surface area contributed by atoms with Crippen LogP contribution >= 0.6 is 0 Å². The number of nitrogens with one attached hydrogen (secondary N) is 1. The van der Waals surface area contributed by atoms with Crippen molar-refractivity contribution in [3.05, 3.63) is 53.6 Å². The van der Waals surface area contributed by atoms with E-state index in [1.807, 2.05) is 36.4 Å². The van der Waals surface area contributed by atoms with Crippen molar-refractivity contribution in [2.45, 2.75) is 19.8 Å². The molecular weight excluding hydrogens is 278 g/mol. The van der Waals surface area contributed by atoms with E-state index < -0.39 is 0 Å². The fraction of sp³-hybridized carbons (Fsp3) is 0.278. The van der Waals surface area contributed by atoms with Crippen LogP contribution in [0.15, 0.2) is 42.5 Å². The minimum Gasteiger partial charge on any atom is -0.493 e. The molecule has 2 rings (SSSR count). The zero-order chi connectivity index (χ0) is 15.9. The number of hydrogen-bond acceptors (Lipinski definition) is 3. The lowest BCUT2D eigenvalue weighted by atomic mass is 10.1. The molecule has 0 radical (unpaired) electrons. The smallest absolute Gasteiger partial charge is 0.228 e. The molecule has 2 aromatic carbocycles. The monoisotopic (exact) mass is 299 g/mol. The summed E-state index contributed by atoms with van der Waals surface area (Å²) in [5.41, 5.74) is 2.88. The van der Waals surface area contributed by atoms with Crippen molar-refractivity contribution in [1.82, 2.24) is 0 Å². The maximum atomic E-state index is 12.2. The van der Waals surface area contributed by atoms with Crippen LogP contribution in [0.1, 0.15) is 18.1 Å². The first-order valence-electron chi connectivity index (χ1n) is 7.26. The van der Waals surface area contributed by atoms with E-state index in [1.165, 1.54) is 0 Å². The molecule has 0 aliphatic carbocycles. The van der Waals surface area contributed by atoms with Gasteiger partial charge in [0.05, 0.1) is 20.6 Å². The Bertz CT molecular complexity index is 653. The number of aryl methyl sites for hydroxylation is 1. The Kier molecular flexibility index (Phi) is 5.42. The quantitative estimate of drug-likeness (QED) is 0.888. The Hall–Kier alpha value is -2.49. The first-order valence-corrected chi connectivity index (χ1v) is 7.26. The van der Waals surface area contributed by atoms with Crippen LogP contribution in [0.5, 0.6) is 11.5 Å². The molecule has 0 fully saturated rings. The molecule has 0 unspecified atom stereocenters. The van der Waals surface area contributed by atoms with E-state index >= 15 is 0 Å². The summed E-state index contributed by atoms with van der Waals surface area (Å²) in [6, 6.07) is 13.3. The number of hydrogen-bond donors (Lipinski definition) is 1. The van der Waals surface area contributed by atoms with E-state index in [-0.39, 0.29) is 5.91 Å². The zero-order valence-electron chi connectivity index (χ0n) is 13.2. The molecule has 0 aliphatic heterocycles. The molecular formula is C18H21NO3. The van der Waals surface area contributed by atoms with Gasteiger partial charge in [-0.3, -0.25) is 4.79 Å². The summed E-state index contributed by atoms with van der Waals surface area (Å²) < 4.78 is 10.5. The minimum atomic E-state index is -0.0480. The van der Waals surface area contributed by atoms with Crippen LogP contribution in [-0.2, 0) is 17.6 Å². The van der Waals surface area contributed by atoms with Gasteiger partial charge in [-0.25, -0.2) is 0 Å². The largest absolute Gasteiger partial charge is 0.493 e. The molecule has 0 aliphatic rings. The summed E-state index contributed by atoms with van der Waals surface area (Å²) in [7, 11) is 3.17. The molecule has 116 valence electrons. The summed E-state index contributed by atoms with van der Waals surface area (Å²) in [4.78, 5) is 12.2. The van der Waals surface area contributed by atoms with Crippen LogP contribution in [0.3, 0.4) is 0 Å². The van der Waals surface area contributed by atoms with Gasteiger partial charge in [-0.1, -0.05) is 31.2 Å². The number of amides is 1. The lowest BCUT2D eigenvalue weighted by molar-refractivity contribution is -0.115. The third kappa shape index (κ3) is 3.79. The van der Waals surface area contributed by atoms with Crippen LogP contribution in [0, 0.1) is 0 Å². The maximum absolute atomic E-state index is 12.2. The summed E-state index contributed by atoms with van der Waals surface area (Å²) in [5, 5.41) is 2.97. The first kappa shape index (κ1) is 15.9. The van der Waals surface area contributed by atoms with Crippen LogP contribution in [0.4, 0.5) is 5.69 Å².